The highest BCUT2D eigenvalue weighted by Gasteiger charge is 2.13. The highest BCUT2D eigenvalue weighted by Crippen LogP contribution is 2.25. The summed E-state index contributed by atoms with van der Waals surface area (Å²) in [6.45, 7) is 0. The van der Waals surface area contributed by atoms with E-state index in [0.29, 0.717) is 0 Å². The van der Waals surface area contributed by atoms with E-state index in [1.54, 1.807) is 0 Å². The van der Waals surface area contributed by atoms with Gasteiger partial charge in [0, 0.05) is 0 Å². The van der Waals surface area contributed by atoms with Crippen molar-refractivity contribution in [3.63, 3.8) is 0 Å². The second-order valence-corrected chi connectivity index (χ2v) is 3.84. The molecule has 1 fully saturated rings. The van der Waals surface area contributed by atoms with Crippen molar-refractivity contribution in [3.05, 3.63) is 0 Å². The zero-order valence-corrected chi connectivity index (χ0v) is 6.68. The van der Waals surface area contributed by atoms with E-state index in [-0.39, 0.29) is 0 Å². The van der Waals surface area contributed by atoms with E-state index in [4.69, 9.17) is 0 Å². The molecule has 8 heavy (non-hydrogen) atoms. The second kappa shape index (κ2) is 3.67. The first-order valence-corrected chi connectivity index (χ1v) is 4.91. The summed E-state index contributed by atoms with van der Waals surface area (Å²) in [4.78, 5) is 0. The van der Waals surface area contributed by atoms with Crippen molar-refractivity contribution < 1.29 is 0 Å². The molecule has 0 aromatic heterocycles. The third kappa shape index (κ3) is 1.90. The van der Waals surface area contributed by atoms with Gasteiger partial charge in [-0.15, -0.1) is 0 Å². The van der Waals surface area contributed by atoms with Crippen LogP contribution < -0.4 is 0 Å². The molecule has 48 valence electrons. The standard InChI is InChI=1S/C6H12S2/c7-3-1-6-2-4-8-5-6/h6-7H,1-5H2. The molecule has 1 aliphatic heterocycles. The first kappa shape index (κ1) is 6.81. The lowest BCUT2D eigenvalue weighted by atomic mass is 10.1. The molecule has 0 bridgehead atoms. The molecule has 1 saturated heterocycles. The highest BCUT2D eigenvalue weighted by atomic mass is 32.2. The van der Waals surface area contributed by atoms with E-state index in [9.17, 15) is 0 Å². The van der Waals surface area contributed by atoms with Crippen molar-refractivity contribution in [3.8, 4) is 0 Å². The molecule has 0 aromatic rings. The second-order valence-electron chi connectivity index (χ2n) is 2.24. The summed E-state index contributed by atoms with van der Waals surface area (Å²) in [5, 5.41) is 0. The fourth-order valence-corrected chi connectivity index (χ4v) is 2.69. The number of thiol groups is 1. The molecule has 0 saturated carbocycles. The zero-order valence-electron chi connectivity index (χ0n) is 4.97. The lowest BCUT2D eigenvalue weighted by molar-refractivity contribution is 0.584. The number of hydrogen-bond acceptors (Lipinski definition) is 2. The van der Waals surface area contributed by atoms with E-state index in [2.05, 4.69) is 24.4 Å². The van der Waals surface area contributed by atoms with Gasteiger partial charge in [0.15, 0.2) is 0 Å². The predicted molar refractivity (Wildman–Crippen MR) is 43.9 cm³/mol. The normalized spacial score (nSPS) is 28.9. The number of thioether (sulfide) groups is 1. The van der Waals surface area contributed by atoms with Crippen LogP contribution in [0.4, 0.5) is 0 Å². The minimum absolute atomic E-state index is 0.998. The lowest BCUT2D eigenvalue weighted by Gasteiger charge is -2.01. The van der Waals surface area contributed by atoms with Gasteiger partial charge < -0.3 is 0 Å². The van der Waals surface area contributed by atoms with Crippen LogP contribution in [0, 0.1) is 5.92 Å². The van der Waals surface area contributed by atoms with Crippen molar-refractivity contribution in [1.82, 2.24) is 0 Å². The van der Waals surface area contributed by atoms with Crippen LogP contribution >= 0.6 is 24.4 Å². The van der Waals surface area contributed by atoms with E-state index in [1.165, 1.54) is 24.3 Å². The van der Waals surface area contributed by atoms with E-state index < -0.39 is 0 Å². The molecule has 2 heteroatoms. The Hall–Kier alpha value is 0.700. The van der Waals surface area contributed by atoms with Gasteiger partial charge in [-0.05, 0) is 36.0 Å². The molecule has 0 N–H and O–H groups in total. The predicted octanol–water partition coefficient (Wildman–Crippen LogP) is 2.06. The quantitative estimate of drug-likeness (QED) is 0.585. The summed E-state index contributed by atoms with van der Waals surface area (Å²) >= 11 is 6.27. The molecule has 0 spiro atoms. The smallest absolute Gasteiger partial charge is 0.00385 e. The Balaban J connectivity index is 2.06. The molecule has 0 amide bonds. The topological polar surface area (TPSA) is 0 Å². The molecule has 1 heterocycles. The van der Waals surface area contributed by atoms with Crippen LogP contribution in [0.1, 0.15) is 12.8 Å². The summed E-state index contributed by atoms with van der Waals surface area (Å²) in [5.74, 6) is 4.85. The molecular formula is C6H12S2. The Bertz CT molecular complexity index is 57.5. The summed E-state index contributed by atoms with van der Waals surface area (Å²) in [5.41, 5.74) is 0. The fourth-order valence-electron chi connectivity index (χ4n) is 0.994. The average molecular weight is 148 g/mol. The Morgan fingerprint density at radius 3 is 3.00 bits per heavy atom. The van der Waals surface area contributed by atoms with Gasteiger partial charge in [-0.25, -0.2) is 0 Å². The van der Waals surface area contributed by atoms with Gasteiger partial charge in [-0.3, -0.25) is 0 Å². The Morgan fingerprint density at radius 1 is 1.62 bits per heavy atom. The van der Waals surface area contributed by atoms with Gasteiger partial charge in [0.25, 0.3) is 0 Å². The maximum absolute atomic E-state index is 4.19. The summed E-state index contributed by atoms with van der Waals surface area (Å²) in [6, 6.07) is 0. The maximum atomic E-state index is 4.19. The third-order valence-electron chi connectivity index (χ3n) is 1.56. The van der Waals surface area contributed by atoms with Gasteiger partial charge in [0.2, 0.25) is 0 Å². The zero-order chi connectivity index (χ0) is 5.82. The van der Waals surface area contributed by atoms with Crippen LogP contribution in [0.15, 0.2) is 0 Å². The largest absolute Gasteiger partial charge is 0.179 e. The summed E-state index contributed by atoms with van der Waals surface area (Å²) in [7, 11) is 0. The molecule has 0 aromatic carbocycles. The fraction of sp³-hybridized carbons (Fsp3) is 1.00. The SMILES string of the molecule is SCCC1CCSC1. The van der Waals surface area contributed by atoms with Crippen LogP contribution in [0.2, 0.25) is 0 Å². The Kier molecular flexibility index (Phi) is 3.13. The van der Waals surface area contributed by atoms with E-state index in [0.717, 1.165) is 11.7 Å². The average Bonchev–Trinajstić information content (AvgIpc) is 2.19. The molecule has 1 aliphatic rings. The minimum Gasteiger partial charge on any atom is -0.179 e. The monoisotopic (exact) mass is 148 g/mol. The molecule has 0 aliphatic carbocycles. The summed E-state index contributed by atoms with van der Waals surface area (Å²) in [6.07, 6.45) is 2.77. The van der Waals surface area contributed by atoms with E-state index >= 15 is 0 Å². The van der Waals surface area contributed by atoms with Crippen LogP contribution in [0.3, 0.4) is 0 Å². The molecule has 1 unspecified atom stereocenters. The number of hydrogen-bond donors (Lipinski definition) is 1. The van der Waals surface area contributed by atoms with Gasteiger partial charge in [-0.2, -0.15) is 24.4 Å². The first-order chi connectivity index (χ1) is 3.93. The molecule has 1 atom stereocenters. The third-order valence-corrected chi connectivity index (χ3v) is 3.05. The van der Waals surface area contributed by atoms with Crippen molar-refractivity contribution in [2.45, 2.75) is 12.8 Å². The highest BCUT2D eigenvalue weighted by molar-refractivity contribution is 7.99. The van der Waals surface area contributed by atoms with E-state index in [1.807, 2.05) is 0 Å². The Labute approximate surface area is 60.8 Å². The van der Waals surface area contributed by atoms with Gasteiger partial charge in [0.05, 0.1) is 0 Å². The molecule has 1 rings (SSSR count). The van der Waals surface area contributed by atoms with Crippen molar-refractivity contribution in [2.75, 3.05) is 17.3 Å². The first-order valence-electron chi connectivity index (χ1n) is 3.12. The van der Waals surface area contributed by atoms with Crippen LogP contribution in [-0.4, -0.2) is 17.3 Å². The maximum Gasteiger partial charge on any atom is -0.00385 e. The molecular weight excluding hydrogens is 136 g/mol. The van der Waals surface area contributed by atoms with Crippen molar-refractivity contribution >= 4 is 24.4 Å². The Morgan fingerprint density at radius 2 is 2.50 bits per heavy atom. The van der Waals surface area contributed by atoms with Gasteiger partial charge in [-0.1, -0.05) is 0 Å². The summed E-state index contributed by atoms with van der Waals surface area (Å²) < 4.78 is 0. The lowest BCUT2D eigenvalue weighted by Crippen LogP contribution is -1.97. The molecule has 0 nitrogen and oxygen atoms in total. The van der Waals surface area contributed by atoms with Crippen LogP contribution in [0.5, 0.6) is 0 Å². The van der Waals surface area contributed by atoms with Gasteiger partial charge >= 0.3 is 0 Å². The van der Waals surface area contributed by atoms with Gasteiger partial charge in [0.1, 0.15) is 0 Å². The van der Waals surface area contributed by atoms with Crippen molar-refractivity contribution in [2.24, 2.45) is 5.92 Å². The number of rotatable bonds is 2. The van der Waals surface area contributed by atoms with Crippen molar-refractivity contribution in [1.29, 1.82) is 0 Å². The van der Waals surface area contributed by atoms with Crippen LogP contribution in [-0.2, 0) is 0 Å². The van der Waals surface area contributed by atoms with Crippen LogP contribution in [0.25, 0.3) is 0 Å². The molecule has 0 radical (unpaired) electrons. The minimum atomic E-state index is 0.998.